The van der Waals surface area contributed by atoms with Crippen LogP contribution in [0.25, 0.3) is 10.8 Å². The van der Waals surface area contributed by atoms with Crippen LogP contribution in [0.2, 0.25) is 0 Å². The standard InChI is InChI=1S/C12H18N4O2S/c1-4-5-17-6-9(13)11-15-12(18-16-11)10-7(2)14-8(3)19-10/h9H,4-6,13H2,1-3H3. The van der Waals surface area contributed by atoms with E-state index in [0.717, 1.165) is 22.0 Å². The van der Waals surface area contributed by atoms with Crippen LogP contribution < -0.4 is 5.73 Å². The molecule has 0 aliphatic carbocycles. The third-order valence-corrected chi connectivity index (χ3v) is 3.58. The van der Waals surface area contributed by atoms with E-state index in [4.69, 9.17) is 15.0 Å². The highest BCUT2D eigenvalue weighted by Crippen LogP contribution is 2.28. The summed E-state index contributed by atoms with van der Waals surface area (Å²) in [6.07, 6.45) is 0.962. The minimum atomic E-state index is -0.363. The normalized spacial score (nSPS) is 12.8. The summed E-state index contributed by atoms with van der Waals surface area (Å²) in [6.45, 7) is 7.00. The molecule has 0 spiro atoms. The minimum Gasteiger partial charge on any atom is -0.379 e. The van der Waals surface area contributed by atoms with Crippen molar-refractivity contribution in [2.24, 2.45) is 5.73 Å². The van der Waals surface area contributed by atoms with Crippen molar-refractivity contribution in [3.63, 3.8) is 0 Å². The predicted molar refractivity (Wildman–Crippen MR) is 72.9 cm³/mol. The van der Waals surface area contributed by atoms with Gasteiger partial charge in [0.25, 0.3) is 5.89 Å². The summed E-state index contributed by atoms with van der Waals surface area (Å²) in [5.74, 6) is 0.945. The zero-order valence-electron chi connectivity index (χ0n) is 11.3. The first-order valence-electron chi connectivity index (χ1n) is 6.23. The Kier molecular flexibility index (Phi) is 4.62. The Balaban J connectivity index is 2.08. The smallest absolute Gasteiger partial charge is 0.269 e. The van der Waals surface area contributed by atoms with Crippen LogP contribution in [0.1, 0.15) is 35.9 Å². The second-order valence-corrected chi connectivity index (χ2v) is 5.49. The Morgan fingerprint density at radius 2 is 2.16 bits per heavy atom. The summed E-state index contributed by atoms with van der Waals surface area (Å²) in [5.41, 5.74) is 6.84. The highest BCUT2D eigenvalue weighted by atomic mass is 32.1. The van der Waals surface area contributed by atoms with E-state index in [1.54, 1.807) is 0 Å². The maximum atomic E-state index is 5.95. The van der Waals surface area contributed by atoms with Crippen molar-refractivity contribution in [1.29, 1.82) is 0 Å². The number of aromatic nitrogens is 3. The van der Waals surface area contributed by atoms with Gasteiger partial charge < -0.3 is 15.0 Å². The van der Waals surface area contributed by atoms with E-state index >= 15 is 0 Å². The maximum Gasteiger partial charge on any atom is 0.269 e. The molecule has 0 amide bonds. The van der Waals surface area contributed by atoms with Crippen molar-refractivity contribution in [2.45, 2.75) is 33.2 Å². The fourth-order valence-electron chi connectivity index (χ4n) is 1.64. The van der Waals surface area contributed by atoms with Gasteiger partial charge in [-0.05, 0) is 20.3 Å². The lowest BCUT2D eigenvalue weighted by molar-refractivity contribution is 0.119. The van der Waals surface area contributed by atoms with Gasteiger partial charge in [-0.25, -0.2) is 4.98 Å². The molecule has 104 valence electrons. The molecule has 0 aromatic carbocycles. The van der Waals surface area contributed by atoms with Gasteiger partial charge in [-0.1, -0.05) is 12.1 Å². The molecule has 0 aliphatic rings. The monoisotopic (exact) mass is 282 g/mol. The predicted octanol–water partition coefficient (Wildman–Crippen LogP) is 2.24. The number of aryl methyl sites for hydroxylation is 2. The number of hydrogen-bond donors (Lipinski definition) is 1. The topological polar surface area (TPSA) is 87.1 Å². The number of ether oxygens (including phenoxy) is 1. The molecule has 2 heterocycles. The van der Waals surface area contributed by atoms with Gasteiger partial charge in [0.2, 0.25) is 0 Å². The summed E-state index contributed by atoms with van der Waals surface area (Å²) < 4.78 is 10.6. The zero-order chi connectivity index (χ0) is 13.8. The summed E-state index contributed by atoms with van der Waals surface area (Å²) in [4.78, 5) is 9.56. The summed E-state index contributed by atoms with van der Waals surface area (Å²) in [5, 5.41) is 4.88. The van der Waals surface area contributed by atoms with Crippen LogP contribution in [-0.2, 0) is 4.74 Å². The zero-order valence-corrected chi connectivity index (χ0v) is 12.2. The third-order valence-electron chi connectivity index (χ3n) is 2.52. The van der Waals surface area contributed by atoms with E-state index in [1.807, 2.05) is 20.8 Å². The first-order chi connectivity index (χ1) is 9.11. The number of nitrogens with zero attached hydrogens (tertiary/aromatic N) is 3. The summed E-state index contributed by atoms with van der Waals surface area (Å²) in [6, 6.07) is -0.363. The van der Waals surface area contributed by atoms with Crippen molar-refractivity contribution >= 4 is 11.3 Å². The van der Waals surface area contributed by atoms with Crippen molar-refractivity contribution < 1.29 is 9.26 Å². The SMILES string of the molecule is CCCOCC(N)c1noc(-c2sc(C)nc2C)n1. The lowest BCUT2D eigenvalue weighted by Gasteiger charge is -2.06. The number of rotatable bonds is 6. The molecule has 0 saturated heterocycles. The summed E-state index contributed by atoms with van der Waals surface area (Å²) >= 11 is 1.53. The van der Waals surface area contributed by atoms with Crippen LogP contribution >= 0.6 is 11.3 Å². The van der Waals surface area contributed by atoms with E-state index in [-0.39, 0.29) is 6.04 Å². The van der Waals surface area contributed by atoms with E-state index in [9.17, 15) is 0 Å². The van der Waals surface area contributed by atoms with Crippen LogP contribution in [0.4, 0.5) is 0 Å². The van der Waals surface area contributed by atoms with Gasteiger partial charge >= 0.3 is 0 Å². The van der Waals surface area contributed by atoms with E-state index in [0.29, 0.717) is 24.9 Å². The minimum absolute atomic E-state index is 0.363. The Hall–Kier alpha value is -1.31. The molecule has 2 aromatic heterocycles. The molecule has 6 nitrogen and oxygen atoms in total. The maximum absolute atomic E-state index is 5.95. The van der Waals surface area contributed by atoms with Crippen LogP contribution in [0, 0.1) is 13.8 Å². The lowest BCUT2D eigenvalue weighted by Crippen LogP contribution is -2.18. The molecular weight excluding hydrogens is 264 g/mol. The second-order valence-electron chi connectivity index (χ2n) is 4.29. The molecule has 2 rings (SSSR count). The first-order valence-corrected chi connectivity index (χ1v) is 7.04. The van der Waals surface area contributed by atoms with Crippen molar-refractivity contribution in [2.75, 3.05) is 13.2 Å². The van der Waals surface area contributed by atoms with Crippen LogP contribution in [0.5, 0.6) is 0 Å². The molecule has 2 N–H and O–H groups in total. The van der Waals surface area contributed by atoms with Crippen molar-refractivity contribution in [1.82, 2.24) is 15.1 Å². The van der Waals surface area contributed by atoms with Crippen LogP contribution in [0.15, 0.2) is 4.52 Å². The van der Waals surface area contributed by atoms with E-state index in [2.05, 4.69) is 15.1 Å². The molecule has 0 fully saturated rings. The summed E-state index contributed by atoms with van der Waals surface area (Å²) in [7, 11) is 0. The highest BCUT2D eigenvalue weighted by molar-refractivity contribution is 7.15. The van der Waals surface area contributed by atoms with Gasteiger partial charge in [-0.2, -0.15) is 4.98 Å². The van der Waals surface area contributed by atoms with Gasteiger partial charge in [0.05, 0.1) is 23.4 Å². The quantitative estimate of drug-likeness (QED) is 0.817. The molecule has 0 bridgehead atoms. The average Bonchev–Trinajstić information content (AvgIpc) is 2.96. The molecule has 0 radical (unpaired) electrons. The Morgan fingerprint density at radius 1 is 1.37 bits per heavy atom. The lowest BCUT2D eigenvalue weighted by atomic mass is 10.3. The van der Waals surface area contributed by atoms with E-state index < -0.39 is 0 Å². The molecular formula is C12H18N4O2S. The van der Waals surface area contributed by atoms with Gasteiger partial charge in [-0.15, -0.1) is 11.3 Å². The molecule has 1 atom stereocenters. The van der Waals surface area contributed by atoms with Gasteiger partial charge in [0.15, 0.2) is 5.82 Å². The highest BCUT2D eigenvalue weighted by Gasteiger charge is 2.18. The Labute approximate surface area is 116 Å². The van der Waals surface area contributed by atoms with Crippen molar-refractivity contribution in [3.8, 4) is 10.8 Å². The van der Waals surface area contributed by atoms with E-state index in [1.165, 1.54) is 11.3 Å². The van der Waals surface area contributed by atoms with Crippen LogP contribution in [0.3, 0.4) is 0 Å². The fraction of sp³-hybridized carbons (Fsp3) is 0.583. The van der Waals surface area contributed by atoms with Crippen LogP contribution in [-0.4, -0.2) is 28.3 Å². The van der Waals surface area contributed by atoms with Gasteiger partial charge in [0, 0.05) is 6.61 Å². The Bertz CT molecular complexity index is 538. The Morgan fingerprint density at radius 3 is 2.79 bits per heavy atom. The van der Waals surface area contributed by atoms with Crippen molar-refractivity contribution in [3.05, 3.63) is 16.5 Å². The molecule has 0 aliphatic heterocycles. The molecule has 2 aromatic rings. The molecule has 0 saturated carbocycles. The number of thiazole rings is 1. The molecule has 1 unspecified atom stereocenters. The molecule has 7 heteroatoms. The average molecular weight is 282 g/mol. The third kappa shape index (κ3) is 3.37. The number of nitrogens with two attached hydrogens (primary N) is 1. The van der Waals surface area contributed by atoms with Gasteiger partial charge in [0.1, 0.15) is 4.88 Å². The van der Waals surface area contributed by atoms with Gasteiger partial charge in [-0.3, -0.25) is 0 Å². The number of hydrogen-bond acceptors (Lipinski definition) is 7. The second kappa shape index (κ2) is 6.23. The largest absolute Gasteiger partial charge is 0.379 e. The first kappa shape index (κ1) is 14.1. The molecule has 19 heavy (non-hydrogen) atoms. The fourth-order valence-corrected chi connectivity index (χ4v) is 2.48.